The summed E-state index contributed by atoms with van der Waals surface area (Å²) in [5.74, 6) is 0.324. The zero-order chi connectivity index (χ0) is 10.4. The Morgan fingerprint density at radius 1 is 1.71 bits per heavy atom. The SMILES string of the molecule is C=CCNC(=O)c1ccc(OC)nc1. The van der Waals surface area contributed by atoms with E-state index in [9.17, 15) is 4.79 Å². The number of hydrogen-bond donors (Lipinski definition) is 1. The van der Waals surface area contributed by atoms with Crippen molar-refractivity contribution in [2.75, 3.05) is 13.7 Å². The first-order chi connectivity index (χ1) is 6.77. The van der Waals surface area contributed by atoms with Crippen molar-refractivity contribution in [3.05, 3.63) is 36.5 Å². The molecule has 1 amide bonds. The van der Waals surface area contributed by atoms with Gasteiger partial charge < -0.3 is 10.1 Å². The molecule has 0 saturated carbocycles. The van der Waals surface area contributed by atoms with Gasteiger partial charge in [0.2, 0.25) is 5.88 Å². The van der Waals surface area contributed by atoms with E-state index in [0.29, 0.717) is 18.0 Å². The molecule has 74 valence electrons. The average molecular weight is 192 g/mol. The van der Waals surface area contributed by atoms with Crippen LogP contribution < -0.4 is 10.1 Å². The van der Waals surface area contributed by atoms with Crippen molar-refractivity contribution in [2.24, 2.45) is 0 Å². The van der Waals surface area contributed by atoms with E-state index >= 15 is 0 Å². The molecule has 14 heavy (non-hydrogen) atoms. The molecule has 1 aromatic heterocycles. The summed E-state index contributed by atoms with van der Waals surface area (Å²) in [7, 11) is 1.53. The minimum absolute atomic E-state index is 0.167. The van der Waals surface area contributed by atoms with Crippen LogP contribution in [-0.2, 0) is 0 Å². The average Bonchev–Trinajstić information content (AvgIpc) is 2.26. The topological polar surface area (TPSA) is 51.2 Å². The highest BCUT2D eigenvalue weighted by molar-refractivity contribution is 5.93. The van der Waals surface area contributed by atoms with Gasteiger partial charge in [-0.1, -0.05) is 6.08 Å². The molecule has 4 nitrogen and oxygen atoms in total. The van der Waals surface area contributed by atoms with Crippen molar-refractivity contribution in [3.8, 4) is 5.88 Å². The van der Waals surface area contributed by atoms with Crippen LogP contribution in [0.4, 0.5) is 0 Å². The molecule has 0 aliphatic carbocycles. The van der Waals surface area contributed by atoms with Gasteiger partial charge in [-0.15, -0.1) is 6.58 Å². The third-order valence-electron chi connectivity index (χ3n) is 1.61. The molecule has 1 N–H and O–H groups in total. The summed E-state index contributed by atoms with van der Waals surface area (Å²) in [5.41, 5.74) is 0.507. The number of methoxy groups -OCH3 is 1. The van der Waals surface area contributed by atoms with Gasteiger partial charge in [0.05, 0.1) is 12.7 Å². The molecule has 0 saturated heterocycles. The maximum absolute atomic E-state index is 11.4. The lowest BCUT2D eigenvalue weighted by molar-refractivity contribution is 0.0957. The summed E-state index contributed by atoms with van der Waals surface area (Å²) in [5, 5.41) is 2.65. The number of carbonyl (C=O) groups excluding carboxylic acids is 1. The molecule has 1 rings (SSSR count). The lowest BCUT2D eigenvalue weighted by Crippen LogP contribution is -2.23. The van der Waals surface area contributed by atoms with Crippen LogP contribution in [0.5, 0.6) is 5.88 Å². The molecule has 0 spiro atoms. The molecular formula is C10H12N2O2. The fourth-order valence-electron chi connectivity index (χ4n) is 0.902. The third-order valence-corrected chi connectivity index (χ3v) is 1.61. The molecule has 0 aliphatic rings. The number of nitrogens with one attached hydrogen (secondary N) is 1. The normalized spacial score (nSPS) is 9.21. The molecule has 0 aromatic carbocycles. The van der Waals surface area contributed by atoms with E-state index in [1.165, 1.54) is 13.3 Å². The summed E-state index contributed by atoms with van der Waals surface area (Å²) >= 11 is 0. The maximum atomic E-state index is 11.4. The zero-order valence-corrected chi connectivity index (χ0v) is 7.99. The number of pyridine rings is 1. The van der Waals surface area contributed by atoms with Crippen molar-refractivity contribution in [2.45, 2.75) is 0 Å². The first-order valence-electron chi connectivity index (χ1n) is 4.17. The Bertz CT molecular complexity index is 319. The predicted molar refractivity (Wildman–Crippen MR) is 53.3 cm³/mol. The number of hydrogen-bond acceptors (Lipinski definition) is 3. The van der Waals surface area contributed by atoms with Crippen LogP contribution in [0.15, 0.2) is 31.0 Å². The van der Waals surface area contributed by atoms with Crippen LogP contribution >= 0.6 is 0 Å². The van der Waals surface area contributed by atoms with E-state index in [1.54, 1.807) is 18.2 Å². The van der Waals surface area contributed by atoms with Crippen molar-refractivity contribution in [1.82, 2.24) is 10.3 Å². The Balaban J connectivity index is 2.66. The maximum Gasteiger partial charge on any atom is 0.253 e. The first kappa shape index (κ1) is 10.2. The minimum atomic E-state index is -0.167. The van der Waals surface area contributed by atoms with Crippen LogP contribution in [0.2, 0.25) is 0 Å². The van der Waals surface area contributed by atoms with Crippen molar-refractivity contribution in [1.29, 1.82) is 0 Å². The van der Waals surface area contributed by atoms with Gasteiger partial charge in [0.15, 0.2) is 0 Å². The second-order valence-corrected chi connectivity index (χ2v) is 2.59. The second kappa shape index (κ2) is 5.01. The second-order valence-electron chi connectivity index (χ2n) is 2.59. The monoisotopic (exact) mass is 192 g/mol. The van der Waals surface area contributed by atoms with Crippen LogP contribution in [0.1, 0.15) is 10.4 Å². The Hall–Kier alpha value is -1.84. The summed E-state index contributed by atoms with van der Waals surface area (Å²) in [4.78, 5) is 15.3. The standard InChI is InChI=1S/C10H12N2O2/c1-3-6-11-10(13)8-4-5-9(14-2)12-7-8/h3-5,7H,1,6H2,2H3,(H,11,13). The van der Waals surface area contributed by atoms with E-state index in [0.717, 1.165) is 0 Å². The fraction of sp³-hybridized carbons (Fsp3) is 0.200. The molecule has 0 unspecified atom stereocenters. The van der Waals surface area contributed by atoms with Gasteiger partial charge in [0.25, 0.3) is 5.91 Å². The van der Waals surface area contributed by atoms with Crippen LogP contribution in [-0.4, -0.2) is 24.5 Å². The predicted octanol–water partition coefficient (Wildman–Crippen LogP) is 1.01. The molecule has 4 heteroatoms. The van der Waals surface area contributed by atoms with E-state index in [1.807, 2.05) is 0 Å². The fourth-order valence-corrected chi connectivity index (χ4v) is 0.902. The van der Waals surface area contributed by atoms with Gasteiger partial charge >= 0.3 is 0 Å². The summed E-state index contributed by atoms with van der Waals surface area (Å²) in [6, 6.07) is 3.30. The highest BCUT2D eigenvalue weighted by Crippen LogP contribution is 2.06. The van der Waals surface area contributed by atoms with Crippen molar-refractivity contribution < 1.29 is 9.53 Å². The molecule has 0 atom stereocenters. The van der Waals surface area contributed by atoms with E-state index < -0.39 is 0 Å². The Morgan fingerprint density at radius 3 is 3.00 bits per heavy atom. The molecule has 0 bridgehead atoms. The zero-order valence-electron chi connectivity index (χ0n) is 7.99. The van der Waals surface area contributed by atoms with Gasteiger partial charge in [0, 0.05) is 18.8 Å². The van der Waals surface area contributed by atoms with Gasteiger partial charge in [-0.2, -0.15) is 0 Å². The van der Waals surface area contributed by atoms with Crippen LogP contribution in [0.3, 0.4) is 0 Å². The van der Waals surface area contributed by atoms with Gasteiger partial charge in [-0.3, -0.25) is 4.79 Å². The number of aromatic nitrogens is 1. The molecule has 0 aliphatic heterocycles. The Labute approximate surface area is 82.6 Å². The van der Waals surface area contributed by atoms with Gasteiger partial charge in [-0.05, 0) is 6.07 Å². The number of rotatable bonds is 4. The van der Waals surface area contributed by atoms with Crippen molar-refractivity contribution >= 4 is 5.91 Å². The smallest absolute Gasteiger partial charge is 0.253 e. The van der Waals surface area contributed by atoms with E-state index in [4.69, 9.17) is 4.74 Å². The highest BCUT2D eigenvalue weighted by Gasteiger charge is 2.03. The molecule has 1 heterocycles. The Morgan fingerprint density at radius 2 is 2.50 bits per heavy atom. The third kappa shape index (κ3) is 2.58. The van der Waals surface area contributed by atoms with E-state index in [-0.39, 0.29) is 5.91 Å². The number of ether oxygens (including phenoxy) is 1. The largest absolute Gasteiger partial charge is 0.481 e. The lowest BCUT2D eigenvalue weighted by Gasteiger charge is -2.02. The van der Waals surface area contributed by atoms with Gasteiger partial charge in [-0.25, -0.2) is 4.98 Å². The molecular weight excluding hydrogens is 180 g/mol. The summed E-state index contributed by atoms with van der Waals surface area (Å²) in [6.45, 7) is 3.95. The summed E-state index contributed by atoms with van der Waals surface area (Å²) in [6.07, 6.45) is 3.09. The quantitative estimate of drug-likeness (QED) is 0.724. The van der Waals surface area contributed by atoms with E-state index in [2.05, 4.69) is 16.9 Å². The molecule has 0 fully saturated rings. The van der Waals surface area contributed by atoms with Crippen LogP contribution in [0, 0.1) is 0 Å². The molecule has 0 radical (unpaired) electrons. The molecule has 1 aromatic rings. The Kier molecular flexibility index (Phi) is 3.67. The minimum Gasteiger partial charge on any atom is -0.481 e. The summed E-state index contributed by atoms with van der Waals surface area (Å²) < 4.78 is 4.87. The van der Waals surface area contributed by atoms with Gasteiger partial charge in [0.1, 0.15) is 0 Å². The number of nitrogens with zero attached hydrogens (tertiary/aromatic N) is 1. The first-order valence-corrected chi connectivity index (χ1v) is 4.17. The number of amides is 1. The van der Waals surface area contributed by atoms with Crippen molar-refractivity contribution in [3.63, 3.8) is 0 Å². The lowest BCUT2D eigenvalue weighted by atomic mass is 10.2. The van der Waals surface area contributed by atoms with Crippen LogP contribution in [0.25, 0.3) is 0 Å². The highest BCUT2D eigenvalue weighted by atomic mass is 16.5. The number of carbonyl (C=O) groups is 1.